The molecule has 0 radical (unpaired) electrons. The molecule has 0 bridgehead atoms. The van der Waals surface area contributed by atoms with Gasteiger partial charge in [-0.05, 0) is 65.7 Å². The van der Waals surface area contributed by atoms with Crippen LogP contribution in [0.1, 0.15) is 27.7 Å². The second-order valence-electron chi connectivity index (χ2n) is 7.97. The second-order valence-corrected chi connectivity index (χ2v) is 11.7. The molecule has 3 aromatic carbocycles. The van der Waals surface area contributed by atoms with Crippen molar-refractivity contribution in [2.75, 3.05) is 11.1 Å². The molecule has 0 aliphatic heterocycles. The number of sulfone groups is 1. The van der Waals surface area contributed by atoms with Gasteiger partial charge in [-0.2, -0.15) is 0 Å². The lowest BCUT2D eigenvalue weighted by Gasteiger charge is -2.05. The van der Waals surface area contributed by atoms with Gasteiger partial charge in [0.15, 0.2) is 9.84 Å². The number of nitrogens with one attached hydrogen (secondary N) is 1. The van der Waals surface area contributed by atoms with Gasteiger partial charge in [0.25, 0.3) is 0 Å². The number of rotatable bonds is 8. The van der Waals surface area contributed by atoms with Gasteiger partial charge in [0.2, 0.25) is 11.7 Å². The van der Waals surface area contributed by atoms with E-state index in [1.807, 2.05) is 6.07 Å². The summed E-state index contributed by atoms with van der Waals surface area (Å²) in [4.78, 5) is 26.6. The Morgan fingerprint density at radius 3 is 2.31 bits per heavy atom. The minimum Gasteiger partial charge on any atom is -0.317 e. The lowest BCUT2D eigenvalue weighted by atomic mass is 10.0. The molecule has 1 N–H and O–H groups in total. The highest BCUT2D eigenvalue weighted by Gasteiger charge is 2.21. The van der Waals surface area contributed by atoms with Crippen molar-refractivity contribution in [2.45, 2.75) is 18.2 Å². The van der Waals surface area contributed by atoms with Crippen LogP contribution in [0.25, 0.3) is 11.1 Å². The summed E-state index contributed by atoms with van der Waals surface area (Å²) in [6.45, 7) is 1.57. The lowest BCUT2D eigenvalue weighted by Crippen LogP contribution is -2.13. The Labute approximate surface area is 217 Å². The molecule has 9 heteroatoms. The summed E-state index contributed by atoms with van der Waals surface area (Å²) in [5, 5.41) is 3.78. The van der Waals surface area contributed by atoms with E-state index in [-0.39, 0.29) is 28.8 Å². The Bertz CT molecular complexity index is 1530. The Balaban J connectivity index is 1.60. The second kappa shape index (κ2) is 10.7. The van der Waals surface area contributed by atoms with Gasteiger partial charge in [-0.1, -0.05) is 42.8 Å². The van der Waals surface area contributed by atoms with E-state index in [1.165, 1.54) is 36.4 Å². The number of hydrogen-bond donors (Lipinski definition) is 1. The third-order valence-electron chi connectivity index (χ3n) is 5.47. The summed E-state index contributed by atoms with van der Waals surface area (Å²) in [5.74, 6) is -1.07. The standard InChI is InChI=1S/C27H21ClFNO4S2/c1-2-36(33,34)22-12-6-17(7-13-22)14-24(31)30-25-16-23(19-4-3-5-20(28)15-19)27(35-25)26(32)18-8-10-21(29)11-9-18/h3-13,15-16H,2,14H2,1H3,(H,30,31). The molecule has 4 aromatic rings. The molecule has 0 fully saturated rings. The molecule has 0 saturated heterocycles. The fourth-order valence-electron chi connectivity index (χ4n) is 3.57. The largest absolute Gasteiger partial charge is 0.317 e. The normalized spacial score (nSPS) is 11.3. The topological polar surface area (TPSA) is 80.3 Å². The fraction of sp³-hybridized carbons (Fsp3) is 0.111. The van der Waals surface area contributed by atoms with Gasteiger partial charge in [-0.25, -0.2) is 12.8 Å². The minimum atomic E-state index is -3.32. The average molecular weight is 542 g/mol. The van der Waals surface area contributed by atoms with E-state index in [1.54, 1.807) is 43.3 Å². The monoisotopic (exact) mass is 541 g/mol. The molecule has 0 atom stereocenters. The van der Waals surface area contributed by atoms with Gasteiger partial charge in [-0.15, -0.1) is 11.3 Å². The SMILES string of the molecule is CCS(=O)(=O)c1ccc(CC(=O)Nc2cc(-c3cccc(Cl)c3)c(C(=O)c3ccc(F)cc3)s2)cc1. The Morgan fingerprint density at radius 2 is 1.67 bits per heavy atom. The molecule has 1 aromatic heterocycles. The minimum absolute atomic E-state index is 0.000848. The predicted octanol–water partition coefficient (Wildman–Crippen LogP) is 6.41. The number of thiophene rings is 1. The van der Waals surface area contributed by atoms with E-state index < -0.39 is 15.7 Å². The first-order valence-corrected chi connectivity index (χ1v) is 13.8. The maximum Gasteiger partial charge on any atom is 0.229 e. The molecule has 5 nitrogen and oxygen atoms in total. The molecule has 0 spiro atoms. The molecule has 0 unspecified atom stereocenters. The van der Waals surface area contributed by atoms with Crippen LogP contribution in [0.2, 0.25) is 5.02 Å². The van der Waals surface area contributed by atoms with Crippen LogP contribution in [0.4, 0.5) is 9.39 Å². The van der Waals surface area contributed by atoms with E-state index in [2.05, 4.69) is 5.32 Å². The molecular weight excluding hydrogens is 521 g/mol. The van der Waals surface area contributed by atoms with Crippen molar-refractivity contribution in [1.29, 1.82) is 0 Å². The molecule has 184 valence electrons. The zero-order valence-electron chi connectivity index (χ0n) is 19.1. The van der Waals surface area contributed by atoms with Gasteiger partial charge in [0.1, 0.15) is 5.82 Å². The van der Waals surface area contributed by atoms with Gasteiger partial charge < -0.3 is 5.32 Å². The van der Waals surface area contributed by atoms with Crippen molar-refractivity contribution in [3.63, 3.8) is 0 Å². The van der Waals surface area contributed by atoms with Crippen molar-refractivity contribution >= 4 is 49.5 Å². The average Bonchev–Trinajstić information content (AvgIpc) is 3.28. The number of hydrogen-bond acceptors (Lipinski definition) is 5. The highest BCUT2D eigenvalue weighted by molar-refractivity contribution is 7.91. The van der Waals surface area contributed by atoms with E-state index in [4.69, 9.17) is 11.6 Å². The first kappa shape index (κ1) is 25.8. The fourth-order valence-corrected chi connectivity index (χ4v) is 5.71. The quantitative estimate of drug-likeness (QED) is 0.261. The summed E-state index contributed by atoms with van der Waals surface area (Å²) in [7, 11) is -3.32. The van der Waals surface area contributed by atoms with Crippen LogP contribution < -0.4 is 5.32 Å². The Hall–Kier alpha value is -3.33. The van der Waals surface area contributed by atoms with Crippen molar-refractivity contribution in [1.82, 2.24) is 0 Å². The van der Waals surface area contributed by atoms with E-state index in [0.29, 0.717) is 37.2 Å². The Morgan fingerprint density at radius 1 is 0.972 bits per heavy atom. The molecule has 4 rings (SSSR count). The van der Waals surface area contributed by atoms with Crippen molar-refractivity contribution in [2.24, 2.45) is 0 Å². The molecule has 0 saturated carbocycles. The predicted molar refractivity (Wildman–Crippen MR) is 141 cm³/mol. The van der Waals surface area contributed by atoms with Crippen molar-refractivity contribution < 1.29 is 22.4 Å². The van der Waals surface area contributed by atoms with Crippen LogP contribution in [-0.4, -0.2) is 25.9 Å². The summed E-state index contributed by atoms with van der Waals surface area (Å²) in [5.41, 5.74) is 2.27. The first-order chi connectivity index (χ1) is 17.2. The highest BCUT2D eigenvalue weighted by atomic mass is 35.5. The summed E-state index contributed by atoms with van der Waals surface area (Å²) in [6, 6.07) is 20.2. The zero-order chi connectivity index (χ0) is 25.9. The number of benzene rings is 3. The number of halogens is 2. The van der Waals surface area contributed by atoms with Crippen LogP contribution in [0.5, 0.6) is 0 Å². The smallest absolute Gasteiger partial charge is 0.229 e. The van der Waals surface area contributed by atoms with Crippen molar-refractivity contribution in [3.05, 3.63) is 106 Å². The van der Waals surface area contributed by atoms with Crippen LogP contribution >= 0.6 is 22.9 Å². The van der Waals surface area contributed by atoms with Crippen LogP contribution in [-0.2, 0) is 21.1 Å². The zero-order valence-corrected chi connectivity index (χ0v) is 21.5. The van der Waals surface area contributed by atoms with Crippen LogP contribution in [0.15, 0.2) is 83.8 Å². The van der Waals surface area contributed by atoms with E-state index in [9.17, 15) is 22.4 Å². The summed E-state index contributed by atoms with van der Waals surface area (Å²) in [6.07, 6.45) is 0.0259. The number of amides is 1. The maximum atomic E-state index is 13.4. The number of anilines is 1. The van der Waals surface area contributed by atoms with Gasteiger partial charge >= 0.3 is 0 Å². The van der Waals surface area contributed by atoms with E-state index >= 15 is 0 Å². The number of ketones is 1. The number of carbonyl (C=O) groups is 2. The first-order valence-electron chi connectivity index (χ1n) is 11.0. The lowest BCUT2D eigenvalue weighted by molar-refractivity contribution is -0.115. The molecule has 1 amide bonds. The molecular formula is C27H21ClFNO4S2. The van der Waals surface area contributed by atoms with Crippen molar-refractivity contribution in [3.8, 4) is 11.1 Å². The van der Waals surface area contributed by atoms with Gasteiger partial charge in [-0.3, -0.25) is 9.59 Å². The molecule has 1 heterocycles. The van der Waals surface area contributed by atoms with Gasteiger partial charge in [0.05, 0.1) is 26.9 Å². The molecule has 36 heavy (non-hydrogen) atoms. The maximum absolute atomic E-state index is 13.4. The molecule has 0 aliphatic carbocycles. The summed E-state index contributed by atoms with van der Waals surface area (Å²) < 4.78 is 37.3. The third-order valence-corrected chi connectivity index (χ3v) is 8.50. The summed E-state index contributed by atoms with van der Waals surface area (Å²) >= 11 is 7.28. The highest BCUT2D eigenvalue weighted by Crippen LogP contribution is 2.37. The molecule has 0 aliphatic rings. The van der Waals surface area contributed by atoms with Crippen LogP contribution in [0, 0.1) is 5.82 Å². The van der Waals surface area contributed by atoms with Crippen LogP contribution in [0.3, 0.4) is 0 Å². The Kier molecular flexibility index (Phi) is 7.68. The van der Waals surface area contributed by atoms with Gasteiger partial charge in [0, 0.05) is 16.1 Å². The number of carbonyl (C=O) groups excluding carboxylic acids is 2. The third kappa shape index (κ3) is 5.90. The van der Waals surface area contributed by atoms with E-state index in [0.717, 1.165) is 11.3 Å².